The average molecular weight is 246 g/mol. The molecule has 0 aromatic carbocycles. The van der Waals surface area contributed by atoms with E-state index in [-0.39, 0.29) is 6.29 Å². The van der Waals surface area contributed by atoms with Crippen LogP contribution in [-0.2, 0) is 19.9 Å². The van der Waals surface area contributed by atoms with E-state index < -0.39 is 10.4 Å². The van der Waals surface area contributed by atoms with Gasteiger partial charge < -0.3 is 20.9 Å². The zero-order chi connectivity index (χ0) is 12.3. The molecule has 0 saturated carbocycles. The second-order valence-corrected chi connectivity index (χ2v) is 3.23. The van der Waals surface area contributed by atoms with Gasteiger partial charge in [0.15, 0.2) is 6.29 Å². The minimum Gasteiger partial charge on any atom is -0.352 e. The summed E-state index contributed by atoms with van der Waals surface area (Å²) in [7, 11) is -4.67. The van der Waals surface area contributed by atoms with Crippen molar-refractivity contribution in [1.29, 1.82) is 0 Å². The first-order valence-electron chi connectivity index (χ1n) is 4.14. The minimum absolute atomic E-state index is 0.188. The molecule has 0 spiro atoms. The fraction of sp³-hybridized carbons (Fsp3) is 1.00. The highest BCUT2D eigenvalue weighted by Gasteiger charge is 1.98. The fourth-order valence-electron chi connectivity index (χ4n) is 0.516. The fourth-order valence-corrected chi connectivity index (χ4v) is 0.516. The Bertz CT molecular complexity index is 204. The SMILES string of the molecule is CC(OCCN)OCCN.O=S(=O)(O)O. The molecule has 0 aromatic rings. The Morgan fingerprint density at radius 2 is 1.40 bits per heavy atom. The summed E-state index contributed by atoms with van der Waals surface area (Å²) in [5.74, 6) is 0. The van der Waals surface area contributed by atoms with Crippen LogP contribution < -0.4 is 11.5 Å². The van der Waals surface area contributed by atoms with E-state index in [0.29, 0.717) is 26.3 Å². The first-order chi connectivity index (χ1) is 6.81. The van der Waals surface area contributed by atoms with Crippen LogP contribution >= 0.6 is 0 Å². The molecule has 0 radical (unpaired) electrons. The van der Waals surface area contributed by atoms with Crippen molar-refractivity contribution in [2.45, 2.75) is 13.2 Å². The highest BCUT2D eigenvalue weighted by atomic mass is 32.3. The van der Waals surface area contributed by atoms with E-state index in [4.69, 9.17) is 38.5 Å². The van der Waals surface area contributed by atoms with Crippen molar-refractivity contribution < 1.29 is 27.0 Å². The quantitative estimate of drug-likeness (QED) is 0.332. The molecule has 0 saturated heterocycles. The maximum Gasteiger partial charge on any atom is 0.394 e. The molecule has 8 nitrogen and oxygen atoms in total. The standard InChI is InChI=1S/C6H16N2O2.H2O4S/c1-6(9-4-2-7)10-5-3-8;1-5(2,3)4/h6H,2-5,7-8H2,1H3;(H2,1,2,3,4). The van der Waals surface area contributed by atoms with Gasteiger partial charge in [-0.1, -0.05) is 0 Å². The van der Waals surface area contributed by atoms with Gasteiger partial charge in [0, 0.05) is 13.1 Å². The topological polar surface area (TPSA) is 145 Å². The summed E-state index contributed by atoms with van der Waals surface area (Å²) in [4.78, 5) is 0. The molecule has 0 rings (SSSR count). The predicted molar refractivity (Wildman–Crippen MR) is 53.7 cm³/mol. The van der Waals surface area contributed by atoms with E-state index in [1.165, 1.54) is 0 Å². The van der Waals surface area contributed by atoms with Gasteiger partial charge in [0.25, 0.3) is 0 Å². The Labute approximate surface area is 89.1 Å². The van der Waals surface area contributed by atoms with Gasteiger partial charge in [0.2, 0.25) is 0 Å². The molecular formula is C6H18N2O6S. The van der Waals surface area contributed by atoms with Crippen LogP contribution in [0.4, 0.5) is 0 Å². The van der Waals surface area contributed by atoms with E-state index in [9.17, 15) is 0 Å². The molecule has 0 aromatic heterocycles. The monoisotopic (exact) mass is 246 g/mol. The predicted octanol–water partition coefficient (Wildman–Crippen LogP) is -1.37. The van der Waals surface area contributed by atoms with Gasteiger partial charge in [-0.3, -0.25) is 9.11 Å². The lowest BCUT2D eigenvalue weighted by Gasteiger charge is -2.11. The molecule has 94 valence electrons. The van der Waals surface area contributed by atoms with E-state index >= 15 is 0 Å². The zero-order valence-corrected chi connectivity index (χ0v) is 9.31. The van der Waals surface area contributed by atoms with Crippen LogP contribution in [0.3, 0.4) is 0 Å². The summed E-state index contributed by atoms with van der Waals surface area (Å²) < 4.78 is 41.8. The van der Waals surface area contributed by atoms with Gasteiger partial charge in [0.1, 0.15) is 0 Å². The number of rotatable bonds is 6. The molecule has 9 heteroatoms. The molecule has 0 atom stereocenters. The summed E-state index contributed by atoms with van der Waals surface area (Å²) >= 11 is 0. The molecule has 0 aliphatic heterocycles. The van der Waals surface area contributed by atoms with Gasteiger partial charge in [-0.25, -0.2) is 0 Å². The number of ether oxygens (including phenoxy) is 2. The van der Waals surface area contributed by atoms with E-state index in [2.05, 4.69) is 0 Å². The normalized spacial score (nSPS) is 11.1. The Balaban J connectivity index is 0. The van der Waals surface area contributed by atoms with Crippen molar-refractivity contribution >= 4 is 10.4 Å². The van der Waals surface area contributed by atoms with Gasteiger partial charge in [-0.15, -0.1) is 0 Å². The molecule has 0 unspecified atom stereocenters. The third-order valence-corrected chi connectivity index (χ3v) is 0.941. The van der Waals surface area contributed by atoms with Crippen molar-refractivity contribution in [1.82, 2.24) is 0 Å². The molecule has 0 fully saturated rings. The Morgan fingerprint density at radius 3 is 1.60 bits per heavy atom. The summed E-state index contributed by atoms with van der Waals surface area (Å²) in [6.07, 6.45) is -0.188. The molecule has 0 aliphatic rings. The van der Waals surface area contributed by atoms with E-state index in [1.807, 2.05) is 6.92 Å². The van der Waals surface area contributed by atoms with Crippen LogP contribution in [0.2, 0.25) is 0 Å². The second kappa shape index (κ2) is 10.2. The van der Waals surface area contributed by atoms with Crippen molar-refractivity contribution in [3.8, 4) is 0 Å². The lowest BCUT2D eigenvalue weighted by molar-refractivity contribution is -0.126. The highest BCUT2D eigenvalue weighted by molar-refractivity contribution is 7.79. The van der Waals surface area contributed by atoms with Crippen LogP contribution in [0, 0.1) is 0 Å². The largest absolute Gasteiger partial charge is 0.394 e. The lowest BCUT2D eigenvalue weighted by Crippen LogP contribution is -2.21. The molecule has 15 heavy (non-hydrogen) atoms. The Hall–Kier alpha value is -0.290. The van der Waals surface area contributed by atoms with Crippen molar-refractivity contribution in [2.24, 2.45) is 11.5 Å². The van der Waals surface area contributed by atoms with Gasteiger partial charge >= 0.3 is 10.4 Å². The first-order valence-corrected chi connectivity index (χ1v) is 5.54. The molecule has 6 N–H and O–H groups in total. The molecule has 0 amide bonds. The van der Waals surface area contributed by atoms with E-state index in [0.717, 1.165) is 0 Å². The van der Waals surface area contributed by atoms with Crippen LogP contribution in [-0.4, -0.2) is 50.1 Å². The molecule has 0 bridgehead atoms. The van der Waals surface area contributed by atoms with Crippen molar-refractivity contribution in [2.75, 3.05) is 26.3 Å². The van der Waals surface area contributed by atoms with Crippen LogP contribution in [0.5, 0.6) is 0 Å². The van der Waals surface area contributed by atoms with Crippen molar-refractivity contribution in [3.05, 3.63) is 0 Å². The Morgan fingerprint density at radius 1 is 1.13 bits per heavy atom. The first kappa shape index (κ1) is 17.1. The molecule has 0 heterocycles. The summed E-state index contributed by atoms with van der Waals surface area (Å²) in [5, 5.41) is 0. The van der Waals surface area contributed by atoms with Crippen LogP contribution in [0.15, 0.2) is 0 Å². The molecular weight excluding hydrogens is 228 g/mol. The zero-order valence-electron chi connectivity index (χ0n) is 8.50. The summed E-state index contributed by atoms with van der Waals surface area (Å²) in [6.45, 7) is 3.94. The lowest BCUT2D eigenvalue weighted by atomic mass is 10.6. The number of nitrogens with two attached hydrogens (primary N) is 2. The maximum atomic E-state index is 8.74. The average Bonchev–Trinajstić information content (AvgIpc) is 2.08. The van der Waals surface area contributed by atoms with Crippen LogP contribution in [0.1, 0.15) is 6.92 Å². The molecule has 0 aliphatic carbocycles. The highest BCUT2D eigenvalue weighted by Crippen LogP contribution is 1.90. The minimum atomic E-state index is -4.67. The third kappa shape index (κ3) is 31.6. The van der Waals surface area contributed by atoms with Gasteiger partial charge in [0.05, 0.1) is 13.2 Å². The number of hydrogen-bond acceptors (Lipinski definition) is 6. The van der Waals surface area contributed by atoms with Gasteiger partial charge in [-0.05, 0) is 6.92 Å². The smallest absolute Gasteiger partial charge is 0.352 e. The van der Waals surface area contributed by atoms with E-state index in [1.54, 1.807) is 0 Å². The number of hydrogen-bond donors (Lipinski definition) is 4. The summed E-state index contributed by atoms with van der Waals surface area (Å²) in [5.41, 5.74) is 10.4. The van der Waals surface area contributed by atoms with Crippen molar-refractivity contribution in [3.63, 3.8) is 0 Å². The maximum absolute atomic E-state index is 8.74. The summed E-state index contributed by atoms with van der Waals surface area (Å²) in [6, 6.07) is 0. The second-order valence-electron chi connectivity index (χ2n) is 2.33. The van der Waals surface area contributed by atoms with Gasteiger partial charge in [-0.2, -0.15) is 8.42 Å². The Kier molecular flexibility index (Phi) is 11.7. The van der Waals surface area contributed by atoms with Crippen LogP contribution in [0.25, 0.3) is 0 Å². The third-order valence-electron chi connectivity index (χ3n) is 0.941.